The first-order valence-electron chi connectivity index (χ1n) is 12.7. The molecule has 2 N–H and O–H groups in total. The Morgan fingerprint density at radius 2 is 1.94 bits per heavy atom. The number of fused-ring (bicyclic) bond motifs is 1. The zero-order valence-electron chi connectivity index (χ0n) is 22.1. The van der Waals surface area contributed by atoms with Crippen LogP contribution in [0.2, 0.25) is 0 Å². The number of aromatic nitrogens is 2. The molecular formula is C30H39N5. The summed E-state index contributed by atoms with van der Waals surface area (Å²) < 4.78 is 0. The van der Waals surface area contributed by atoms with Gasteiger partial charge >= 0.3 is 0 Å². The quantitative estimate of drug-likeness (QED) is 0.436. The van der Waals surface area contributed by atoms with Crippen molar-refractivity contribution in [2.45, 2.75) is 40.0 Å². The van der Waals surface area contributed by atoms with Crippen molar-refractivity contribution in [1.29, 1.82) is 5.41 Å². The van der Waals surface area contributed by atoms with E-state index in [1.807, 2.05) is 6.92 Å². The average molecular weight is 470 g/mol. The molecule has 1 aliphatic carbocycles. The van der Waals surface area contributed by atoms with E-state index in [0.29, 0.717) is 5.92 Å². The summed E-state index contributed by atoms with van der Waals surface area (Å²) in [6, 6.07) is 9.01. The number of nitrogens with one attached hydrogen (secondary N) is 2. The Labute approximate surface area is 209 Å². The number of allylic oxidation sites excluding steroid dienone is 2. The first-order valence-corrected chi connectivity index (χ1v) is 12.7. The maximum Gasteiger partial charge on any atom is 0.0969 e. The molecule has 184 valence electrons. The van der Waals surface area contributed by atoms with Crippen molar-refractivity contribution in [3.05, 3.63) is 58.7 Å². The van der Waals surface area contributed by atoms with Crippen LogP contribution in [0.25, 0.3) is 33.8 Å². The Bertz CT molecular complexity index is 1370. The van der Waals surface area contributed by atoms with Crippen LogP contribution >= 0.6 is 0 Å². The number of rotatable bonds is 9. The highest BCUT2D eigenvalue weighted by atomic mass is 15.2. The van der Waals surface area contributed by atoms with Gasteiger partial charge in [0.15, 0.2) is 0 Å². The van der Waals surface area contributed by atoms with Crippen molar-refractivity contribution < 1.29 is 0 Å². The van der Waals surface area contributed by atoms with Crippen LogP contribution < -0.4 is 15.3 Å². The Morgan fingerprint density at radius 1 is 1.17 bits per heavy atom. The fourth-order valence-electron chi connectivity index (χ4n) is 4.56. The molecule has 35 heavy (non-hydrogen) atoms. The molecule has 1 fully saturated rings. The van der Waals surface area contributed by atoms with Crippen LogP contribution in [-0.2, 0) is 0 Å². The Hall–Kier alpha value is -3.18. The topological polar surface area (TPSA) is 59.0 Å². The number of nitrogens with zero attached hydrogens (tertiary/aromatic N) is 3. The minimum Gasteiger partial charge on any atom is -0.373 e. The van der Waals surface area contributed by atoms with Gasteiger partial charge < -0.3 is 20.2 Å². The summed E-state index contributed by atoms with van der Waals surface area (Å²) in [5, 5.41) is 11.5. The van der Waals surface area contributed by atoms with Gasteiger partial charge in [0.05, 0.1) is 17.4 Å². The highest BCUT2D eigenvalue weighted by molar-refractivity contribution is 6.16. The molecule has 5 nitrogen and oxygen atoms in total. The lowest BCUT2D eigenvalue weighted by molar-refractivity contribution is 0.416. The molecule has 0 saturated heterocycles. The van der Waals surface area contributed by atoms with Gasteiger partial charge in [-0.15, -0.1) is 0 Å². The van der Waals surface area contributed by atoms with Crippen LogP contribution in [0, 0.1) is 11.3 Å². The Kier molecular flexibility index (Phi) is 7.56. The molecule has 0 amide bonds. The van der Waals surface area contributed by atoms with Crippen molar-refractivity contribution in [2.24, 2.45) is 5.92 Å². The summed E-state index contributed by atoms with van der Waals surface area (Å²) in [5.41, 5.74) is 8.43. The van der Waals surface area contributed by atoms with Crippen LogP contribution in [0.5, 0.6) is 0 Å². The largest absolute Gasteiger partial charge is 0.373 e. The van der Waals surface area contributed by atoms with Gasteiger partial charge in [0.25, 0.3) is 0 Å². The van der Waals surface area contributed by atoms with Crippen molar-refractivity contribution in [2.75, 3.05) is 39.1 Å². The van der Waals surface area contributed by atoms with E-state index in [0.717, 1.165) is 71.5 Å². The lowest BCUT2D eigenvalue weighted by atomic mass is 9.94. The van der Waals surface area contributed by atoms with Gasteiger partial charge in [-0.2, -0.15) is 0 Å². The second kappa shape index (κ2) is 10.6. The fourth-order valence-corrected chi connectivity index (χ4v) is 4.56. The summed E-state index contributed by atoms with van der Waals surface area (Å²) in [7, 11) is 6.35. The molecular weight excluding hydrogens is 430 g/mol. The summed E-state index contributed by atoms with van der Waals surface area (Å²) in [6.45, 7) is 8.32. The van der Waals surface area contributed by atoms with Gasteiger partial charge in [-0.25, -0.2) is 4.98 Å². The van der Waals surface area contributed by atoms with Crippen LogP contribution in [0.3, 0.4) is 0 Å². The number of likely N-dealkylation sites (N-methyl/N-ethyl adjacent to an activating group) is 2. The van der Waals surface area contributed by atoms with Crippen molar-refractivity contribution in [1.82, 2.24) is 14.9 Å². The van der Waals surface area contributed by atoms with Crippen molar-refractivity contribution >= 4 is 34.1 Å². The second-order valence-electron chi connectivity index (χ2n) is 9.99. The Balaban J connectivity index is 1.96. The van der Waals surface area contributed by atoms with Gasteiger partial charge in [-0.05, 0) is 75.3 Å². The van der Waals surface area contributed by atoms with Gasteiger partial charge in [-0.1, -0.05) is 42.9 Å². The molecule has 0 aliphatic heterocycles. The molecule has 5 heteroatoms. The lowest BCUT2D eigenvalue weighted by Gasteiger charge is -2.26. The van der Waals surface area contributed by atoms with Crippen LogP contribution in [0.1, 0.15) is 45.6 Å². The molecule has 1 heterocycles. The molecule has 2 aromatic carbocycles. The number of H-pyrrole nitrogens is 1. The first-order chi connectivity index (χ1) is 16.8. The van der Waals surface area contributed by atoms with E-state index in [4.69, 9.17) is 10.4 Å². The van der Waals surface area contributed by atoms with Crippen LogP contribution in [0.4, 0.5) is 5.69 Å². The van der Waals surface area contributed by atoms with E-state index in [2.05, 4.69) is 92.3 Å². The van der Waals surface area contributed by atoms with E-state index in [1.54, 1.807) is 6.33 Å². The van der Waals surface area contributed by atoms with Gasteiger partial charge in [-0.3, -0.25) is 0 Å². The third kappa shape index (κ3) is 5.25. The third-order valence-electron chi connectivity index (χ3n) is 7.05. The minimum absolute atomic E-state index is 0.364. The molecule has 4 rings (SSSR count). The minimum atomic E-state index is 0.364. The maximum absolute atomic E-state index is 9.00. The molecule has 1 aromatic heterocycles. The third-order valence-corrected chi connectivity index (χ3v) is 7.05. The summed E-state index contributed by atoms with van der Waals surface area (Å²) >= 11 is 0. The number of hydrogen-bond acceptors (Lipinski definition) is 4. The number of imidazole rings is 1. The predicted octanol–water partition coefficient (Wildman–Crippen LogP) is 4.94. The van der Waals surface area contributed by atoms with Crippen LogP contribution in [0.15, 0.2) is 42.7 Å². The summed E-state index contributed by atoms with van der Waals surface area (Å²) in [4.78, 5) is 12.7. The van der Waals surface area contributed by atoms with Crippen molar-refractivity contribution in [3.63, 3.8) is 0 Å². The molecule has 0 atom stereocenters. The highest BCUT2D eigenvalue weighted by Gasteiger charge is 2.31. The SMILES string of the molecule is CC=C/C=c1/ccc(-c2cc(N(C)CCN(C)C)c(C(=N)C3CC3)c3[nH]cnc23)cc1=C(C)CC. The van der Waals surface area contributed by atoms with Gasteiger partial charge in [0.1, 0.15) is 0 Å². The molecule has 3 aromatic rings. The molecule has 1 saturated carbocycles. The fraction of sp³-hybridized carbons (Fsp3) is 0.400. The smallest absolute Gasteiger partial charge is 0.0969 e. The van der Waals surface area contributed by atoms with Crippen LogP contribution in [-0.4, -0.2) is 54.8 Å². The number of aromatic amines is 1. The molecule has 1 aliphatic rings. The molecule has 0 spiro atoms. The predicted molar refractivity (Wildman–Crippen MR) is 151 cm³/mol. The summed E-state index contributed by atoms with van der Waals surface area (Å²) in [5.74, 6) is 0.364. The normalized spacial score (nSPS) is 15.5. The lowest BCUT2D eigenvalue weighted by Crippen LogP contribution is -2.30. The van der Waals surface area contributed by atoms with E-state index in [-0.39, 0.29) is 0 Å². The zero-order valence-corrected chi connectivity index (χ0v) is 22.1. The van der Waals surface area contributed by atoms with Crippen molar-refractivity contribution in [3.8, 4) is 11.1 Å². The standard InChI is InChI=1S/C30H39N5/c1-7-9-10-21-11-14-23(17-24(21)20(3)8-2)25-18-26(35(6)16-15-34(4)5)27(28(31)22-12-13-22)30-29(25)32-19-33-30/h7,9-11,14,17-19,22,31H,8,12-13,15-16H2,1-6H3,(H,32,33)/b9-7?,21-10-,24-20?,31-28?. The first kappa shape index (κ1) is 24.9. The number of anilines is 1. The molecule has 0 bridgehead atoms. The van der Waals surface area contributed by atoms with Gasteiger partial charge in [0, 0.05) is 48.6 Å². The monoisotopic (exact) mass is 469 g/mol. The highest BCUT2D eigenvalue weighted by Crippen LogP contribution is 2.40. The Morgan fingerprint density at radius 3 is 2.60 bits per heavy atom. The number of hydrogen-bond donors (Lipinski definition) is 2. The summed E-state index contributed by atoms with van der Waals surface area (Å²) in [6.07, 6.45) is 11.4. The van der Waals surface area contributed by atoms with E-state index in [9.17, 15) is 0 Å². The molecule has 0 unspecified atom stereocenters. The zero-order chi connectivity index (χ0) is 25.1. The molecule has 0 radical (unpaired) electrons. The average Bonchev–Trinajstić information content (AvgIpc) is 3.60. The second-order valence-corrected chi connectivity index (χ2v) is 9.99. The number of benzene rings is 2. The maximum atomic E-state index is 9.00. The van der Waals surface area contributed by atoms with E-state index < -0.39 is 0 Å². The van der Waals surface area contributed by atoms with E-state index >= 15 is 0 Å². The van der Waals surface area contributed by atoms with Gasteiger partial charge in [0.2, 0.25) is 0 Å². The van der Waals surface area contributed by atoms with E-state index in [1.165, 1.54) is 16.0 Å².